The summed E-state index contributed by atoms with van der Waals surface area (Å²) in [4.78, 5) is 14.5. The molecule has 2 aromatic heterocycles. The second-order valence-corrected chi connectivity index (χ2v) is 8.67. The van der Waals surface area contributed by atoms with Gasteiger partial charge in [-0.25, -0.2) is 4.68 Å². The van der Waals surface area contributed by atoms with Gasteiger partial charge in [0.25, 0.3) is 5.91 Å². The van der Waals surface area contributed by atoms with E-state index in [1.807, 2.05) is 40.3 Å². The summed E-state index contributed by atoms with van der Waals surface area (Å²) < 4.78 is 19.4. The van der Waals surface area contributed by atoms with E-state index in [0.717, 1.165) is 29.8 Å². The normalized spacial score (nSPS) is 18.4. The summed E-state index contributed by atoms with van der Waals surface area (Å²) in [5.41, 5.74) is 2.32. The van der Waals surface area contributed by atoms with Gasteiger partial charge in [0.1, 0.15) is 5.69 Å². The standard InChI is InChI=1S/C20H28N4O4S/c1-15(2)27-9-8-26-11-17-18-12-28-20(14-24(18)22-21-17)4-6-23(7-5-20)19(25)16-3-10-29-13-16/h3,10,13,15H,4-9,11-12,14H2,1-2H3. The highest BCUT2D eigenvalue weighted by atomic mass is 32.1. The zero-order chi connectivity index (χ0) is 20.3. The zero-order valence-corrected chi connectivity index (χ0v) is 17.8. The minimum atomic E-state index is -0.268. The molecule has 1 spiro atoms. The minimum Gasteiger partial charge on any atom is -0.376 e. The van der Waals surface area contributed by atoms with Crippen LogP contribution >= 0.6 is 11.3 Å². The van der Waals surface area contributed by atoms with E-state index >= 15 is 0 Å². The van der Waals surface area contributed by atoms with Crippen LogP contribution in [0.3, 0.4) is 0 Å². The number of piperidine rings is 1. The van der Waals surface area contributed by atoms with Crippen LogP contribution in [0.5, 0.6) is 0 Å². The monoisotopic (exact) mass is 420 g/mol. The van der Waals surface area contributed by atoms with Crippen LogP contribution in [0.1, 0.15) is 48.4 Å². The van der Waals surface area contributed by atoms with Crippen molar-refractivity contribution in [2.75, 3.05) is 26.3 Å². The summed E-state index contributed by atoms with van der Waals surface area (Å²) in [6, 6.07) is 1.88. The van der Waals surface area contributed by atoms with Gasteiger partial charge in [0.15, 0.2) is 0 Å². The molecular formula is C20H28N4O4S. The molecule has 0 saturated carbocycles. The van der Waals surface area contributed by atoms with Crippen molar-refractivity contribution in [3.63, 3.8) is 0 Å². The molecule has 2 aliphatic heterocycles. The number of carbonyl (C=O) groups is 1. The van der Waals surface area contributed by atoms with E-state index < -0.39 is 0 Å². The molecule has 0 aliphatic carbocycles. The van der Waals surface area contributed by atoms with Crippen LogP contribution in [-0.4, -0.2) is 63.8 Å². The van der Waals surface area contributed by atoms with Gasteiger partial charge in [-0.3, -0.25) is 4.79 Å². The van der Waals surface area contributed by atoms with Crippen molar-refractivity contribution in [1.82, 2.24) is 19.9 Å². The Morgan fingerprint density at radius 1 is 1.34 bits per heavy atom. The molecule has 8 nitrogen and oxygen atoms in total. The van der Waals surface area contributed by atoms with Crippen LogP contribution < -0.4 is 0 Å². The third kappa shape index (κ3) is 4.69. The number of ether oxygens (including phenoxy) is 3. The molecule has 158 valence electrons. The van der Waals surface area contributed by atoms with Crippen LogP contribution in [0, 0.1) is 0 Å². The third-order valence-corrected chi connectivity index (χ3v) is 6.20. The molecule has 0 unspecified atom stereocenters. The number of hydrogen-bond donors (Lipinski definition) is 0. The van der Waals surface area contributed by atoms with Crippen molar-refractivity contribution in [1.29, 1.82) is 0 Å². The highest BCUT2D eigenvalue weighted by Crippen LogP contribution is 2.34. The lowest BCUT2D eigenvalue weighted by molar-refractivity contribution is -0.120. The lowest BCUT2D eigenvalue weighted by Crippen LogP contribution is -2.52. The van der Waals surface area contributed by atoms with Crippen molar-refractivity contribution < 1.29 is 19.0 Å². The summed E-state index contributed by atoms with van der Waals surface area (Å²) in [5, 5.41) is 12.5. The maximum atomic E-state index is 12.6. The minimum absolute atomic E-state index is 0.110. The highest BCUT2D eigenvalue weighted by Gasteiger charge is 2.41. The Labute approximate surface area is 174 Å². The number of thiophene rings is 1. The van der Waals surface area contributed by atoms with Gasteiger partial charge in [0.05, 0.1) is 55.9 Å². The van der Waals surface area contributed by atoms with Crippen molar-refractivity contribution in [3.05, 3.63) is 33.8 Å². The first-order valence-electron chi connectivity index (χ1n) is 10.1. The maximum absolute atomic E-state index is 12.6. The quantitative estimate of drug-likeness (QED) is 0.641. The number of amides is 1. The molecule has 0 bridgehead atoms. The molecule has 2 aliphatic rings. The summed E-state index contributed by atoms with van der Waals surface area (Å²) in [7, 11) is 0. The van der Waals surface area contributed by atoms with Crippen molar-refractivity contribution in [2.45, 2.75) is 58.2 Å². The van der Waals surface area contributed by atoms with Gasteiger partial charge in [-0.05, 0) is 38.1 Å². The van der Waals surface area contributed by atoms with Gasteiger partial charge in [-0.15, -0.1) is 5.10 Å². The van der Waals surface area contributed by atoms with E-state index in [1.165, 1.54) is 0 Å². The molecule has 1 fully saturated rings. The molecule has 0 aromatic carbocycles. The topological polar surface area (TPSA) is 78.7 Å². The Kier molecular flexibility index (Phi) is 6.29. The van der Waals surface area contributed by atoms with E-state index in [4.69, 9.17) is 14.2 Å². The SMILES string of the molecule is CC(C)OCCOCc1nnn2c1COC1(CCN(C(=O)c3ccsc3)CC1)C2. The molecule has 4 heterocycles. The Morgan fingerprint density at radius 2 is 2.17 bits per heavy atom. The number of likely N-dealkylation sites (tertiary alicyclic amines) is 1. The van der Waals surface area contributed by atoms with Gasteiger partial charge in [-0.1, -0.05) is 5.21 Å². The summed E-state index contributed by atoms with van der Waals surface area (Å²) in [5.74, 6) is 0.110. The van der Waals surface area contributed by atoms with Crippen molar-refractivity contribution in [2.24, 2.45) is 0 Å². The van der Waals surface area contributed by atoms with Crippen molar-refractivity contribution in [3.8, 4) is 0 Å². The maximum Gasteiger partial charge on any atom is 0.254 e. The van der Waals surface area contributed by atoms with E-state index in [0.29, 0.717) is 46.1 Å². The van der Waals surface area contributed by atoms with Gasteiger partial charge < -0.3 is 19.1 Å². The van der Waals surface area contributed by atoms with Crippen molar-refractivity contribution >= 4 is 17.2 Å². The second kappa shape index (κ2) is 8.91. The first-order valence-corrected chi connectivity index (χ1v) is 11.1. The van der Waals surface area contributed by atoms with Crippen LogP contribution in [0.2, 0.25) is 0 Å². The predicted molar refractivity (Wildman–Crippen MR) is 108 cm³/mol. The van der Waals surface area contributed by atoms with Crippen LogP contribution in [0.15, 0.2) is 16.8 Å². The van der Waals surface area contributed by atoms with Crippen LogP contribution in [0.4, 0.5) is 0 Å². The number of nitrogens with zero attached hydrogens (tertiary/aromatic N) is 4. The van der Waals surface area contributed by atoms with Gasteiger partial charge in [0.2, 0.25) is 0 Å². The van der Waals surface area contributed by atoms with E-state index in [2.05, 4.69) is 10.3 Å². The summed E-state index contributed by atoms with van der Waals surface area (Å²) in [6.07, 6.45) is 1.82. The van der Waals surface area contributed by atoms with Gasteiger partial charge in [0, 0.05) is 18.5 Å². The Hall–Kier alpha value is -1.81. The molecular weight excluding hydrogens is 392 g/mol. The summed E-state index contributed by atoms with van der Waals surface area (Å²) in [6.45, 7) is 8.07. The number of fused-ring (bicyclic) bond motifs is 1. The zero-order valence-electron chi connectivity index (χ0n) is 17.0. The third-order valence-electron chi connectivity index (χ3n) is 5.52. The summed E-state index contributed by atoms with van der Waals surface area (Å²) >= 11 is 1.55. The van der Waals surface area contributed by atoms with Crippen LogP contribution in [0.25, 0.3) is 0 Å². The molecule has 9 heteroatoms. The first kappa shape index (κ1) is 20.5. The van der Waals surface area contributed by atoms with Gasteiger partial charge in [-0.2, -0.15) is 11.3 Å². The molecule has 1 amide bonds. The fraction of sp³-hybridized carbons (Fsp3) is 0.650. The molecule has 4 rings (SSSR count). The van der Waals surface area contributed by atoms with Gasteiger partial charge >= 0.3 is 0 Å². The molecule has 2 aromatic rings. The average Bonchev–Trinajstić information content (AvgIpc) is 3.38. The molecule has 0 radical (unpaired) electrons. The van der Waals surface area contributed by atoms with E-state index in [1.54, 1.807) is 11.3 Å². The molecule has 0 atom stereocenters. The lowest BCUT2D eigenvalue weighted by atomic mass is 9.89. The second-order valence-electron chi connectivity index (χ2n) is 7.89. The number of rotatable bonds is 7. The first-order chi connectivity index (χ1) is 14.1. The molecule has 29 heavy (non-hydrogen) atoms. The largest absolute Gasteiger partial charge is 0.376 e. The lowest BCUT2D eigenvalue weighted by Gasteiger charge is -2.43. The fourth-order valence-corrected chi connectivity index (χ4v) is 4.44. The highest BCUT2D eigenvalue weighted by molar-refractivity contribution is 7.08. The Bertz CT molecular complexity index is 813. The average molecular weight is 421 g/mol. The molecule has 0 N–H and O–H groups in total. The van der Waals surface area contributed by atoms with E-state index in [-0.39, 0.29) is 17.6 Å². The number of carbonyl (C=O) groups excluding carboxylic acids is 1. The van der Waals surface area contributed by atoms with E-state index in [9.17, 15) is 4.79 Å². The predicted octanol–water partition coefficient (Wildman–Crippen LogP) is 2.49. The smallest absolute Gasteiger partial charge is 0.254 e. The number of aromatic nitrogens is 3. The number of hydrogen-bond acceptors (Lipinski definition) is 7. The Balaban J connectivity index is 1.29. The Morgan fingerprint density at radius 3 is 2.90 bits per heavy atom. The molecule has 1 saturated heterocycles. The van der Waals surface area contributed by atoms with Crippen LogP contribution in [-0.2, 0) is 34.0 Å². The fourth-order valence-electron chi connectivity index (χ4n) is 3.81.